The van der Waals surface area contributed by atoms with E-state index in [1.165, 1.54) is 6.92 Å². The highest BCUT2D eigenvalue weighted by molar-refractivity contribution is 6.30. The molecule has 0 fully saturated rings. The van der Waals surface area contributed by atoms with E-state index in [0.717, 1.165) is 0 Å². The summed E-state index contributed by atoms with van der Waals surface area (Å²) in [4.78, 5) is 14.5. The Kier molecular flexibility index (Phi) is 5.27. The Bertz CT molecular complexity index is 504. The summed E-state index contributed by atoms with van der Waals surface area (Å²) < 4.78 is 68.5. The molecule has 0 atom stereocenters. The molecule has 0 amide bonds. The zero-order chi connectivity index (χ0) is 15.5. The van der Waals surface area contributed by atoms with Gasteiger partial charge in [0.1, 0.15) is 5.15 Å². The van der Waals surface area contributed by atoms with Gasteiger partial charge in [-0.15, -0.1) is 0 Å². The number of rotatable bonds is 4. The Labute approximate surface area is 115 Å². The molecule has 1 aromatic heterocycles. The molecule has 3 nitrogen and oxygen atoms in total. The average molecular weight is 318 g/mol. The second kappa shape index (κ2) is 6.34. The van der Waals surface area contributed by atoms with Crippen LogP contribution in [0.4, 0.5) is 22.0 Å². The third-order valence-corrected chi connectivity index (χ3v) is 2.63. The Morgan fingerprint density at radius 2 is 2.05 bits per heavy atom. The van der Waals surface area contributed by atoms with Gasteiger partial charge in [0.25, 0.3) is 6.43 Å². The first-order chi connectivity index (χ1) is 9.18. The molecule has 1 rings (SSSR count). The summed E-state index contributed by atoms with van der Waals surface area (Å²) in [6.07, 6.45) is -9.00. The molecule has 0 bridgehead atoms. The fourth-order valence-corrected chi connectivity index (χ4v) is 1.77. The summed E-state index contributed by atoms with van der Waals surface area (Å²) in [5.74, 6) is -1.01. The van der Waals surface area contributed by atoms with Crippen molar-refractivity contribution in [1.29, 1.82) is 0 Å². The van der Waals surface area contributed by atoms with E-state index in [1.54, 1.807) is 0 Å². The topological polar surface area (TPSA) is 39.2 Å². The van der Waals surface area contributed by atoms with Crippen molar-refractivity contribution in [2.45, 2.75) is 25.9 Å². The summed E-state index contributed by atoms with van der Waals surface area (Å²) in [6.45, 7) is 1.40. The van der Waals surface area contributed by atoms with Gasteiger partial charge in [-0.3, -0.25) is 4.79 Å². The molecular weight excluding hydrogens is 309 g/mol. The van der Waals surface area contributed by atoms with Gasteiger partial charge in [0.2, 0.25) is 0 Å². The maximum atomic E-state index is 12.9. The molecule has 0 aliphatic heterocycles. The van der Waals surface area contributed by atoms with E-state index in [9.17, 15) is 26.7 Å². The number of ether oxygens (including phenoxy) is 1. The van der Waals surface area contributed by atoms with Crippen LogP contribution in [0.3, 0.4) is 0 Å². The molecule has 9 heteroatoms. The summed E-state index contributed by atoms with van der Waals surface area (Å²) in [5.41, 5.74) is -3.77. The molecule has 1 heterocycles. The molecule has 20 heavy (non-hydrogen) atoms. The highest BCUT2D eigenvalue weighted by Crippen LogP contribution is 2.40. The molecule has 0 saturated carbocycles. The predicted octanol–water partition coefficient (Wildman–Crippen LogP) is 3.80. The molecule has 0 aliphatic rings. The van der Waals surface area contributed by atoms with Gasteiger partial charge in [0.15, 0.2) is 0 Å². The lowest BCUT2D eigenvalue weighted by atomic mass is 10.0. The SMILES string of the molecule is CCOC(=O)Cc1c(Cl)ncc(C(F)F)c1C(F)(F)F. The van der Waals surface area contributed by atoms with Crippen LogP contribution in [-0.2, 0) is 22.1 Å². The van der Waals surface area contributed by atoms with Gasteiger partial charge >= 0.3 is 12.1 Å². The van der Waals surface area contributed by atoms with E-state index in [0.29, 0.717) is 6.20 Å². The first-order valence-electron chi connectivity index (χ1n) is 5.36. The summed E-state index contributed by atoms with van der Waals surface area (Å²) in [5, 5.41) is -0.658. The van der Waals surface area contributed by atoms with Crippen molar-refractivity contribution in [3.63, 3.8) is 0 Å². The molecule has 0 aliphatic carbocycles. The lowest BCUT2D eigenvalue weighted by molar-refractivity contribution is -0.144. The Morgan fingerprint density at radius 1 is 1.45 bits per heavy atom. The van der Waals surface area contributed by atoms with E-state index >= 15 is 0 Å². The number of alkyl halides is 5. The third kappa shape index (κ3) is 3.78. The number of nitrogens with zero attached hydrogens (tertiary/aromatic N) is 1. The van der Waals surface area contributed by atoms with Crippen LogP contribution in [0.5, 0.6) is 0 Å². The van der Waals surface area contributed by atoms with E-state index in [2.05, 4.69) is 9.72 Å². The molecule has 112 valence electrons. The molecule has 1 aromatic rings. The van der Waals surface area contributed by atoms with E-state index in [4.69, 9.17) is 11.6 Å². The molecule has 0 aromatic carbocycles. The summed E-state index contributed by atoms with van der Waals surface area (Å²) in [7, 11) is 0. The van der Waals surface area contributed by atoms with Crippen LogP contribution in [-0.4, -0.2) is 17.6 Å². The van der Waals surface area contributed by atoms with Crippen LogP contribution in [0.25, 0.3) is 0 Å². The van der Waals surface area contributed by atoms with Gasteiger partial charge in [-0.05, 0) is 6.92 Å². The van der Waals surface area contributed by atoms with Gasteiger partial charge in [-0.25, -0.2) is 13.8 Å². The lowest BCUT2D eigenvalue weighted by Crippen LogP contribution is -2.18. The minimum absolute atomic E-state index is 0.0558. The van der Waals surface area contributed by atoms with Gasteiger partial charge in [0, 0.05) is 17.3 Å². The number of hydrogen-bond acceptors (Lipinski definition) is 3. The fraction of sp³-hybridized carbons (Fsp3) is 0.455. The van der Waals surface area contributed by atoms with Crippen molar-refractivity contribution in [2.24, 2.45) is 0 Å². The Morgan fingerprint density at radius 3 is 2.50 bits per heavy atom. The highest BCUT2D eigenvalue weighted by atomic mass is 35.5. The van der Waals surface area contributed by atoms with Gasteiger partial charge in [0.05, 0.1) is 18.6 Å². The van der Waals surface area contributed by atoms with Crippen molar-refractivity contribution >= 4 is 17.6 Å². The molecule has 0 radical (unpaired) electrons. The highest BCUT2D eigenvalue weighted by Gasteiger charge is 2.40. The van der Waals surface area contributed by atoms with Crippen molar-refractivity contribution in [3.05, 3.63) is 28.0 Å². The number of esters is 1. The average Bonchev–Trinajstić information content (AvgIpc) is 2.29. The number of carbonyl (C=O) groups is 1. The Hall–Kier alpha value is -1.44. The molecular formula is C11H9ClF5NO2. The van der Waals surface area contributed by atoms with Crippen molar-refractivity contribution < 1.29 is 31.5 Å². The van der Waals surface area contributed by atoms with E-state index in [1.807, 2.05) is 0 Å². The maximum Gasteiger partial charge on any atom is 0.417 e. The standard InChI is InChI=1S/C11H9ClF5NO2/c1-2-20-7(19)3-5-8(11(15,16)17)6(10(13)14)4-18-9(5)12/h4,10H,2-3H2,1H3. The monoisotopic (exact) mass is 317 g/mol. The Balaban J connectivity index is 3.40. The number of halogens is 6. The fourth-order valence-electron chi connectivity index (χ4n) is 1.56. The molecule has 0 unspecified atom stereocenters. The molecule has 0 N–H and O–H groups in total. The second-order valence-corrected chi connectivity index (χ2v) is 4.00. The van der Waals surface area contributed by atoms with Gasteiger partial charge in [-0.2, -0.15) is 13.2 Å². The lowest BCUT2D eigenvalue weighted by Gasteiger charge is -2.17. The van der Waals surface area contributed by atoms with Crippen LogP contribution in [0.15, 0.2) is 6.20 Å². The normalized spacial score (nSPS) is 11.8. The van der Waals surface area contributed by atoms with Crippen LogP contribution in [0.1, 0.15) is 30.0 Å². The number of aromatic nitrogens is 1. The minimum Gasteiger partial charge on any atom is -0.466 e. The number of hydrogen-bond donors (Lipinski definition) is 0. The quantitative estimate of drug-likeness (QED) is 0.482. The third-order valence-electron chi connectivity index (χ3n) is 2.30. The smallest absolute Gasteiger partial charge is 0.417 e. The maximum absolute atomic E-state index is 12.9. The predicted molar refractivity (Wildman–Crippen MR) is 59.5 cm³/mol. The van der Waals surface area contributed by atoms with Crippen molar-refractivity contribution in [1.82, 2.24) is 4.98 Å². The second-order valence-electron chi connectivity index (χ2n) is 3.64. The van der Waals surface area contributed by atoms with Crippen LogP contribution >= 0.6 is 11.6 Å². The van der Waals surface area contributed by atoms with E-state index < -0.39 is 46.8 Å². The zero-order valence-electron chi connectivity index (χ0n) is 10.1. The zero-order valence-corrected chi connectivity index (χ0v) is 10.9. The number of carbonyl (C=O) groups excluding carboxylic acids is 1. The van der Waals surface area contributed by atoms with Crippen molar-refractivity contribution in [3.8, 4) is 0 Å². The van der Waals surface area contributed by atoms with Crippen molar-refractivity contribution in [2.75, 3.05) is 6.61 Å². The summed E-state index contributed by atoms with van der Waals surface area (Å²) in [6, 6.07) is 0. The summed E-state index contributed by atoms with van der Waals surface area (Å²) >= 11 is 5.49. The molecule has 0 spiro atoms. The van der Waals surface area contributed by atoms with E-state index in [-0.39, 0.29) is 6.61 Å². The minimum atomic E-state index is -5.08. The molecule has 0 saturated heterocycles. The van der Waals surface area contributed by atoms with Crippen LogP contribution in [0, 0.1) is 0 Å². The first-order valence-corrected chi connectivity index (χ1v) is 5.74. The largest absolute Gasteiger partial charge is 0.466 e. The van der Waals surface area contributed by atoms with Gasteiger partial charge < -0.3 is 4.74 Å². The van der Waals surface area contributed by atoms with Crippen LogP contribution < -0.4 is 0 Å². The first kappa shape index (κ1) is 16.6. The number of pyridine rings is 1. The van der Waals surface area contributed by atoms with Gasteiger partial charge in [-0.1, -0.05) is 11.6 Å². The van der Waals surface area contributed by atoms with Crippen LogP contribution in [0.2, 0.25) is 5.15 Å².